The molecule has 0 fully saturated rings. The zero-order valence-electron chi connectivity index (χ0n) is 31.4. The molecule has 0 bridgehead atoms. The van der Waals surface area contributed by atoms with Crippen LogP contribution >= 0.6 is 0 Å². The number of hydrogen-bond donors (Lipinski definition) is 0. The van der Waals surface area contributed by atoms with Gasteiger partial charge < -0.3 is 4.42 Å². The predicted molar refractivity (Wildman–Crippen MR) is 226 cm³/mol. The number of rotatable bonds is 7. The van der Waals surface area contributed by atoms with E-state index in [1.54, 1.807) is 0 Å². The first-order chi connectivity index (χ1) is 27.5. The largest absolute Gasteiger partial charge is 0.456 e. The first kappa shape index (κ1) is 33.5. The lowest BCUT2D eigenvalue weighted by molar-refractivity contribution is 0.599. The molecule has 0 aliphatic heterocycles. The SMILES string of the molecule is C/C=C\c1oc2cccc(-c3nc(-c4ccccc4)nc(-c4ccccc4)n3)c2c1Cc1nc(-c2ccc3c(c2)C(C)(C)c2ccccc2-3)c2ccccc2n1. The summed E-state index contributed by atoms with van der Waals surface area (Å²) < 4.78 is 6.60. The minimum absolute atomic E-state index is 0.128. The molecule has 6 heteroatoms. The van der Waals surface area contributed by atoms with Crippen LogP contribution in [0.15, 0.2) is 156 Å². The topological polar surface area (TPSA) is 77.6 Å². The van der Waals surface area contributed by atoms with E-state index in [0.29, 0.717) is 29.7 Å². The molecule has 56 heavy (non-hydrogen) atoms. The quantitative estimate of drug-likeness (QED) is 0.163. The number of hydrogen-bond acceptors (Lipinski definition) is 6. The summed E-state index contributed by atoms with van der Waals surface area (Å²) in [6.07, 6.45) is 4.45. The Balaban J connectivity index is 1.14. The standard InChI is InChI=1S/C50H37N5O/c1-4-16-42-38(45-37(23-15-26-43(45)56-42)49-54-47(31-17-7-5-8-18-31)53-48(55-49)32-19-9-6-10-20-32)30-44-51-41-25-14-12-22-36(41)46(52-44)33-27-28-35-34-21-11-13-24-39(34)50(2,3)40(35)29-33/h4-29H,30H2,1-3H3/b16-4-. The van der Waals surface area contributed by atoms with Crippen LogP contribution in [0.25, 0.3) is 84.5 Å². The molecular weight excluding hydrogens is 687 g/mol. The van der Waals surface area contributed by atoms with Crippen molar-refractivity contribution in [2.24, 2.45) is 0 Å². The maximum absolute atomic E-state index is 6.60. The summed E-state index contributed by atoms with van der Waals surface area (Å²) in [6, 6.07) is 50.0. The van der Waals surface area contributed by atoms with Crippen molar-refractivity contribution in [3.63, 3.8) is 0 Å². The molecule has 1 aliphatic rings. The molecule has 268 valence electrons. The molecule has 0 amide bonds. The van der Waals surface area contributed by atoms with Gasteiger partial charge in [-0.25, -0.2) is 24.9 Å². The second-order valence-electron chi connectivity index (χ2n) is 14.8. The van der Waals surface area contributed by atoms with Crippen molar-refractivity contribution in [1.29, 1.82) is 0 Å². The molecule has 6 aromatic carbocycles. The molecular formula is C50H37N5O. The minimum atomic E-state index is -0.128. The van der Waals surface area contributed by atoms with Crippen LogP contribution in [0.5, 0.6) is 0 Å². The van der Waals surface area contributed by atoms with Crippen molar-refractivity contribution in [2.45, 2.75) is 32.6 Å². The molecule has 0 spiro atoms. The first-order valence-corrected chi connectivity index (χ1v) is 19.0. The Hall–Kier alpha value is -7.05. The highest BCUT2D eigenvalue weighted by Gasteiger charge is 2.35. The van der Waals surface area contributed by atoms with E-state index in [9.17, 15) is 0 Å². The molecule has 0 saturated carbocycles. The van der Waals surface area contributed by atoms with Crippen molar-refractivity contribution < 1.29 is 4.42 Å². The lowest BCUT2D eigenvalue weighted by atomic mass is 9.82. The number of fused-ring (bicyclic) bond motifs is 5. The van der Waals surface area contributed by atoms with Gasteiger partial charge in [-0.15, -0.1) is 0 Å². The van der Waals surface area contributed by atoms with Crippen LogP contribution < -0.4 is 0 Å². The highest BCUT2D eigenvalue weighted by Crippen LogP contribution is 2.49. The summed E-state index contributed by atoms with van der Waals surface area (Å²) in [5, 5.41) is 1.95. The average molecular weight is 724 g/mol. The van der Waals surface area contributed by atoms with Gasteiger partial charge in [0.05, 0.1) is 11.2 Å². The van der Waals surface area contributed by atoms with E-state index in [2.05, 4.69) is 80.6 Å². The summed E-state index contributed by atoms with van der Waals surface area (Å²) in [6.45, 7) is 6.63. The van der Waals surface area contributed by atoms with E-state index < -0.39 is 0 Å². The predicted octanol–water partition coefficient (Wildman–Crippen LogP) is 12.2. The average Bonchev–Trinajstić information content (AvgIpc) is 3.71. The molecule has 0 atom stereocenters. The van der Waals surface area contributed by atoms with E-state index in [1.807, 2.05) is 97.9 Å². The molecule has 3 heterocycles. The molecule has 0 N–H and O–H groups in total. The van der Waals surface area contributed by atoms with Crippen LogP contribution in [0.2, 0.25) is 0 Å². The Morgan fingerprint density at radius 2 is 1.20 bits per heavy atom. The van der Waals surface area contributed by atoms with Crippen LogP contribution in [0, 0.1) is 0 Å². The van der Waals surface area contributed by atoms with Gasteiger partial charge in [-0.3, -0.25) is 0 Å². The van der Waals surface area contributed by atoms with Gasteiger partial charge in [0, 0.05) is 50.4 Å². The molecule has 6 nitrogen and oxygen atoms in total. The summed E-state index contributed by atoms with van der Waals surface area (Å²) >= 11 is 0. The smallest absolute Gasteiger partial charge is 0.164 e. The summed E-state index contributed by atoms with van der Waals surface area (Å²) in [5.41, 5.74) is 12.4. The number of nitrogens with zero attached hydrogens (tertiary/aromatic N) is 5. The fraction of sp³-hybridized carbons (Fsp3) is 0.100. The molecule has 10 rings (SSSR count). The zero-order valence-corrected chi connectivity index (χ0v) is 31.4. The number of aromatic nitrogens is 5. The van der Waals surface area contributed by atoms with Crippen LogP contribution in [0.3, 0.4) is 0 Å². The van der Waals surface area contributed by atoms with Gasteiger partial charge >= 0.3 is 0 Å². The molecule has 0 unspecified atom stereocenters. The third-order valence-corrected chi connectivity index (χ3v) is 10.9. The van der Waals surface area contributed by atoms with Gasteiger partial charge in [-0.2, -0.15) is 0 Å². The molecule has 0 saturated heterocycles. The molecule has 0 radical (unpaired) electrons. The maximum atomic E-state index is 6.60. The fourth-order valence-corrected chi connectivity index (χ4v) is 8.24. The Labute approximate surface area is 325 Å². The van der Waals surface area contributed by atoms with Crippen LogP contribution in [0.1, 0.15) is 49.0 Å². The number of allylic oxidation sites excluding steroid dienone is 1. The monoisotopic (exact) mass is 723 g/mol. The van der Waals surface area contributed by atoms with Crippen molar-refractivity contribution in [2.75, 3.05) is 0 Å². The van der Waals surface area contributed by atoms with Gasteiger partial charge in [0.15, 0.2) is 17.5 Å². The lowest BCUT2D eigenvalue weighted by Gasteiger charge is -2.22. The van der Waals surface area contributed by atoms with E-state index >= 15 is 0 Å². The second kappa shape index (κ2) is 13.4. The first-order valence-electron chi connectivity index (χ1n) is 19.0. The van der Waals surface area contributed by atoms with Gasteiger partial charge in [0.25, 0.3) is 0 Å². The Morgan fingerprint density at radius 3 is 1.95 bits per heavy atom. The third kappa shape index (κ3) is 5.61. The van der Waals surface area contributed by atoms with Crippen LogP contribution in [-0.2, 0) is 11.8 Å². The fourth-order valence-electron chi connectivity index (χ4n) is 8.24. The van der Waals surface area contributed by atoms with Crippen molar-refractivity contribution in [3.05, 3.63) is 180 Å². The van der Waals surface area contributed by atoms with E-state index in [-0.39, 0.29) is 5.41 Å². The van der Waals surface area contributed by atoms with Crippen LogP contribution in [-0.4, -0.2) is 24.9 Å². The van der Waals surface area contributed by atoms with E-state index in [4.69, 9.17) is 29.3 Å². The lowest BCUT2D eigenvalue weighted by Crippen LogP contribution is -2.15. The highest BCUT2D eigenvalue weighted by molar-refractivity contribution is 5.98. The molecule has 9 aromatic rings. The van der Waals surface area contributed by atoms with Crippen LogP contribution in [0.4, 0.5) is 0 Å². The Morgan fingerprint density at radius 1 is 0.554 bits per heavy atom. The maximum Gasteiger partial charge on any atom is 0.164 e. The second-order valence-corrected chi connectivity index (χ2v) is 14.8. The Bertz CT molecular complexity index is 2930. The van der Waals surface area contributed by atoms with Crippen molar-refractivity contribution >= 4 is 27.9 Å². The summed E-state index contributed by atoms with van der Waals surface area (Å²) in [7, 11) is 0. The van der Waals surface area contributed by atoms with Gasteiger partial charge in [0.1, 0.15) is 17.2 Å². The van der Waals surface area contributed by atoms with Gasteiger partial charge in [-0.05, 0) is 53.5 Å². The van der Waals surface area contributed by atoms with Gasteiger partial charge in [0.2, 0.25) is 0 Å². The zero-order chi connectivity index (χ0) is 37.8. The normalized spacial score (nSPS) is 13.1. The van der Waals surface area contributed by atoms with E-state index in [1.165, 1.54) is 22.3 Å². The number of para-hydroxylation sites is 1. The minimum Gasteiger partial charge on any atom is -0.456 e. The van der Waals surface area contributed by atoms with Crippen molar-refractivity contribution in [3.8, 4) is 56.5 Å². The summed E-state index contributed by atoms with van der Waals surface area (Å²) in [5.74, 6) is 3.24. The summed E-state index contributed by atoms with van der Waals surface area (Å²) in [4.78, 5) is 25.7. The third-order valence-electron chi connectivity index (χ3n) is 10.9. The van der Waals surface area contributed by atoms with Gasteiger partial charge in [-0.1, -0.05) is 147 Å². The molecule has 1 aliphatic carbocycles. The highest BCUT2D eigenvalue weighted by atomic mass is 16.3. The van der Waals surface area contributed by atoms with E-state index in [0.717, 1.165) is 61.1 Å². The Kier molecular flexibility index (Phi) is 7.99. The molecule has 3 aromatic heterocycles. The van der Waals surface area contributed by atoms with Crippen molar-refractivity contribution in [1.82, 2.24) is 24.9 Å². The number of benzene rings is 6. The number of furan rings is 1.